The summed E-state index contributed by atoms with van der Waals surface area (Å²) in [4.78, 5) is 33.8. The molecule has 0 unspecified atom stereocenters. The van der Waals surface area contributed by atoms with Crippen LogP contribution in [-0.4, -0.2) is 39.5 Å². The summed E-state index contributed by atoms with van der Waals surface area (Å²) in [6, 6.07) is 0. The minimum Gasteiger partial charge on any atom is -0.465 e. The molecule has 0 aromatic heterocycles. The lowest BCUT2D eigenvalue weighted by Crippen LogP contribution is -2.25. The molecule has 82 valence electrons. The Hall–Kier alpha value is -1.40. The zero-order chi connectivity index (χ0) is 11.8. The second-order valence-electron chi connectivity index (χ2n) is 2.11. The van der Waals surface area contributed by atoms with Gasteiger partial charge in [0.15, 0.2) is 0 Å². The highest BCUT2D eigenvalue weighted by atomic mass is 35.5. The van der Waals surface area contributed by atoms with Crippen LogP contribution in [0.1, 0.15) is 0 Å². The van der Waals surface area contributed by atoms with Crippen LogP contribution in [-0.2, 0) is 9.59 Å². The minimum atomic E-state index is -1.14. The second-order valence-corrected chi connectivity index (χ2v) is 2.80. The van der Waals surface area contributed by atoms with Crippen molar-refractivity contribution < 1.29 is 19.5 Å². The standard InChI is InChI=1S/C5H6N2O2.C2Cl2O2/c8-5(9)7-3-1-2-6-4-7;3-1(5)2(4)6/h1-3H,4H2,(H,8,9);. The Morgan fingerprint density at radius 3 is 2.00 bits per heavy atom. The van der Waals surface area contributed by atoms with Crippen LogP contribution in [0.5, 0.6) is 0 Å². The summed E-state index contributed by atoms with van der Waals surface area (Å²) in [6.45, 7) is 0.214. The third-order valence-corrected chi connectivity index (χ3v) is 1.53. The van der Waals surface area contributed by atoms with Crippen molar-refractivity contribution in [1.29, 1.82) is 0 Å². The van der Waals surface area contributed by atoms with Gasteiger partial charge >= 0.3 is 16.6 Å². The van der Waals surface area contributed by atoms with Crippen molar-refractivity contribution in [2.75, 3.05) is 6.67 Å². The van der Waals surface area contributed by atoms with Crippen molar-refractivity contribution in [3.63, 3.8) is 0 Å². The molecule has 1 aliphatic rings. The summed E-state index contributed by atoms with van der Waals surface area (Å²) in [6.07, 6.45) is 3.65. The van der Waals surface area contributed by atoms with Crippen LogP contribution in [0.25, 0.3) is 0 Å². The van der Waals surface area contributed by atoms with Crippen molar-refractivity contribution in [2.24, 2.45) is 4.99 Å². The number of amides is 1. The Morgan fingerprint density at radius 1 is 1.27 bits per heavy atom. The number of hydrogen-bond acceptors (Lipinski definition) is 4. The van der Waals surface area contributed by atoms with Gasteiger partial charge in [0.05, 0.1) is 0 Å². The predicted octanol–water partition coefficient (Wildman–Crippen LogP) is 1.04. The topological polar surface area (TPSA) is 87.0 Å². The molecule has 0 aromatic rings. The molecule has 1 N–H and O–H groups in total. The first-order chi connectivity index (χ1) is 6.95. The van der Waals surface area contributed by atoms with E-state index in [0.717, 1.165) is 4.90 Å². The molecule has 0 aliphatic carbocycles. The Bertz CT molecular complexity index is 315. The van der Waals surface area contributed by atoms with Crippen LogP contribution in [0.4, 0.5) is 4.79 Å². The van der Waals surface area contributed by atoms with E-state index in [1.807, 2.05) is 0 Å². The van der Waals surface area contributed by atoms with Crippen molar-refractivity contribution >= 4 is 46.0 Å². The fraction of sp³-hybridized carbons (Fsp3) is 0.143. The number of carbonyl (C=O) groups is 3. The molecule has 1 rings (SSSR count). The molecule has 0 spiro atoms. The first-order valence-corrected chi connectivity index (χ1v) is 4.26. The van der Waals surface area contributed by atoms with Gasteiger partial charge in [-0.05, 0) is 29.3 Å². The van der Waals surface area contributed by atoms with E-state index in [-0.39, 0.29) is 6.67 Å². The maximum atomic E-state index is 10.2. The number of halogens is 2. The third kappa shape index (κ3) is 6.64. The molecule has 0 bridgehead atoms. The fourth-order valence-electron chi connectivity index (χ4n) is 0.510. The van der Waals surface area contributed by atoms with Crippen molar-refractivity contribution in [1.82, 2.24) is 4.90 Å². The molecular formula is C7H6Cl2N2O4. The summed E-state index contributed by atoms with van der Waals surface area (Å²) in [5.74, 6) is 0. The van der Waals surface area contributed by atoms with Crippen LogP contribution in [0.2, 0.25) is 0 Å². The smallest absolute Gasteiger partial charge is 0.412 e. The molecule has 1 heterocycles. The molecule has 0 aromatic carbocycles. The van der Waals surface area contributed by atoms with E-state index in [1.54, 1.807) is 12.3 Å². The van der Waals surface area contributed by atoms with Gasteiger partial charge in [0.1, 0.15) is 6.67 Å². The number of allylic oxidation sites excluding steroid dienone is 1. The lowest BCUT2D eigenvalue weighted by molar-refractivity contribution is -0.127. The van der Waals surface area contributed by atoms with E-state index in [4.69, 9.17) is 5.11 Å². The van der Waals surface area contributed by atoms with Gasteiger partial charge in [-0.15, -0.1) is 0 Å². The summed E-state index contributed by atoms with van der Waals surface area (Å²) < 4.78 is 0. The van der Waals surface area contributed by atoms with E-state index in [9.17, 15) is 14.4 Å². The lowest BCUT2D eigenvalue weighted by atomic mass is 10.5. The average molecular weight is 253 g/mol. The maximum Gasteiger partial charge on any atom is 0.412 e. The maximum absolute atomic E-state index is 10.2. The molecule has 1 aliphatic heterocycles. The number of nitrogens with zero attached hydrogens (tertiary/aromatic N) is 2. The summed E-state index contributed by atoms with van der Waals surface area (Å²) in [7, 11) is 0. The monoisotopic (exact) mass is 252 g/mol. The number of aliphatic imine (C=N–C) groups is 1. The minimum absolute atomic E-state index is 0.214. The molecule has 6 nitrogen and oxygen atoms in total. The van der Waals surface area contributed by atoms with Crippen molar-refractivity contribution in [3.05, 3.63) is 12.3 Å². The number of carbonyl (C=O) groups excluding carboxylic acids is 2. The van der Waals surface area contributed by atoms with Gasteiger partial charge in [0.2, 0.25) is 0 Å². The van der Waals surface area contributed by atoms with Crippen LogP contribution in [0.15, 0.2) is 17.3 Å². The zero-order valence-electron chi connectivity index (χ0n) is 7.26. The van der Waals surface area contributed by atoms with Crippen molar-refractivity contribution in [3.8, 4) is 0 Å². The van der Waals surface area contributed by atoms with E-state index in [2.05, 4.69) is 28.2 Å². The molecular weight excluding hydrogens is 247 g/mol. The van der Waals surface area contributed by atoms with Gasteiger partial charge in [-0.25, -0.2) is 4.79 Å². The Balaban J connectivity index is 0.000000288. The Kier molecular flexibility index (Phi) is 6.32. The van der Waals surface area contributed by atoms with Crippen LogP contribution >= 0.6 is 23.2 Å². The van der Waals surface area contributed by atoms with Crippen molar-refractivity contribution in [2.45, 2.75) is 0 Å². The number of hydrogen-bond donors (Lipinski definition) is 1. The van der Waals surface area contributed by atoms with Gasteiger partial charge in [0, 0.05) is 12.4 Å². The van der Waals surface area contributed by atoms with Crippen LogP contribution in [0.3, 0.4) is 0 Å². The van der Waals surface area contributed by atoms with Gasteiger partial charge < -0.3 is 5.11 Å². The van der Waals surface area contributed by atoms with Gasteiger partial charge in [-0.3, -0.25) is 19.5 Å². The lowest BCUT2D eigenvalue weighted by Gasteiger charge is -2.12. The highest BCUT2D eigenvalue weighted by Gasteiger charge is 2.06. The molecule has 0 saturated heterocycles. The van der Waals surface area contributed by atoms with Crippen LogP contribution < -0.4 is 0 Å². The van der Waals surface area contributed by atoms with Crippen LogP contribution in [0, 0.1) is 0 Å². The molecule has 0 fully saturated rings. The number of rotatable bonds is 1. The average Bonchev–Trinajstić information content (AvgIpc) is 2.20. The molecule has 0 atom stereocenters. The summed E-state index contributed by atoms with van der Waals surface area (Å²) in [5.41, 5.74) is 0. The third-order valence-electron chi connectivity index (χ3n) is 1.09. The fourth-order valence-corrected chi connectivity index (χ4v) is 0.510. The molecule has 8 heteroatoms. The first-order valence-electron chi connectivity index (χ1n) is 3.50. The van der Waals surface area contributed by atoms with Gasteiger partial charge in [-0.2, -0.15) is 0 Å². The Labute approximate surface area is 94.8 Å². The SMILES string of the molecule is O=C(Cl)C(=O)Cl.O=C(O)N1C=CC=NC1. The highest BCUT2D eigenvalue weighted by molar-refractivity contribution is 6.97. The number of carboxylic acid groups (broad SMARTS) is 1. The van der Waals surface area contributed by atoms with Gasteiger partial charge in [-0.1, -0.05) is 0 Å². The molecule has 1 amide bonds. The summed E-state index contributed by atoms with van der Waals surface area (Å²) in [5, 5.41) is 6.06. The zero-order valence-corrected chi connectivity index (χ0v) is 8.77. The Morgan fingerprint density at radius 2 is 1.80 bits per heavy atom. The van der Waals surface area contributed by atoms with E-state index in [0.29, 0.717) is 0 Å². The largest absolute Gasteiger partial charge is 0.465 e. The normalized spacial score (nSPS) is 12.8. The molecule has 0 saturated carbocycles. The predicted molar refractivity (Wildman–Crippen MR) is 54.1 cm³/mol. The van der Waals surface area contributed by atoms with Gasteiger partial charge in [0.25, 0.3) is 0 Å². The highest BCUT2D eigenvalue weighted by Crippen LogP contribution is 1.94. The van der Waals surface area contributed by atoms with E-state index < -0.39 is 16.6 Å². The molecule has 0 radical (unpaired) electrons. The summed E-state index contributed by atoms with van der Waals surface area (Å²) >= 11 is 8.98. The van der Waals surface area contributed by atoms with E-state index in [1.165, 1.54) is 6.20 Å². The second kappa shape index (κ2) is 6.97. The first kappa shape index (κ1) is 13.6. The quantitative estimate of drug-likeness (QED) is 0.558. The molecule has 15 heavy (non-hydrogen) atoms. The van der Waals surface area contributed by atoms with E-state index >= 15 is 0 Å².